The van der Waals surface area contributed by atoms with E-state index in [2.05, 4.69) is 10.6 Å². The first kappa shape index (κ1) is 11.5. The lowest BCUT2D eigenvalue weighted by Gasteiger charge is -2.30. The van der Waals surface area contributed by atoms with Crippen LogP contribution in [0.4, 0.5) is 0 Å². The van der Waals surface area contributed by atoms with Gasteiger partial charge in [-0.2, -0.15) is 0 Å². The highest BCUT2D eigenvalue weighted by atomic mass is 16.5. The number of carbonyl (C=O) groups is 1. The molecular weight excluding hydrogens is 180 g/mol. The highest BCUT2D eigenvalue weighted by Gasteiger charge is 2.35. The van der Waals surface area contributed by atoms with Crippen LogP contribution < -0.4 is 10.6 Å². The first-order valence-electron chi connectivity index (χ1n) is 4.99. The number of ether oxygens (including phenoxy) is 1. The topological polar surface area (TPSA) is 50.4 Å². The van der Waals surface area contributed by atoms with Crippen molar-refractivity contribution in [1.82, 2.24) is 10.6 Å². The molecule has 0 aromatic carbocycles. The number of likely N-dealkylation sites (N-methyl/N-ethyl adjacent to an activating group) is 1. The number of carbonyl (C=O) groups excluding carboxylic acids is 1. The summed E-state index contributed by atoms with van der Waals surface area (Å²) in [6.45, 7) is 7.09. The van der Waals surface area contributed by atoms with Crippen molar-refractivity contribution in [2.45, 2.75) is 38.3 Å². The Labute approximate surface area is 85.4 Å². The van der Waals surface area contributed by atoms with Gasteiger partial charge >= 0.3 is 0 Å². The zero-order chi connectivity index (χ0) is 10.8. The second kappa shape index (κ2) is 3.87. The molecule has 1 rings (SSSR count). The van der Waals surface area contributed by atoms with Crippen LogP contribution in [0.3, 0.4) is 0 Å². The highest BCUT2D eigenvalue weighted by molar-refractivity contribution is 5.86. The molecule has 0 radical (unpaired) electrons. The fraction of sp³-hybridized carbons (Fsp3) is 0.900. The predicted octanol–water partition coefficient (Wildman–Crippen LogP) is 0.280. The Morgan fingerprint density at radius 1 is 1.50 bits per heavy atom. The molecular formula is C10H20N2O2. The van der Waals surface area contributed by atoms with Crippen LogP contribution in [0.1, 0.15) is 27.2 Å². The molecule has 1 aliphatic heterocycles. The van der Waals surface area contributed by atoms with E-state index in [0.29, 0.717) is 6.61 Å². The van der Waals surface area contributed by atoms with Crippen LogP contribution in [-0.2, 0) is 9.53 Å². The second-order valence-corrected chi connectivity index (χ2v) is 4.69. The van der Waals surface area contributed by atoms with Crippen LogP contribution in [0.15, 0.2) is 0 Å². The third-order valence-electron chi connectivity index (χ3n) is 2.83. The van der Waals surface area contributed by atoms with Crippen LogP contribution in [0.5, 0.6) is 0 Å². The molecule has 1 amide bonds. The zero-order valence-electron chi connectivity index (χ0n) is 9.44. The van der Waals surface area contributed by atoms with Gasteiger partial charge in [0.2, 0.25) is 5.91 Å². The van der Waals surface area contributed by atoms with Gasteiger partial charge in [-0.15, -0.1) is 0 Å². The molecule has 82 valence electrons. The molecule has 0 aromatic heterocycles. The minimum atomic E-state index is -0.522. The molecule has 1 heterocycles. The fourth-order valence-electron chi connectivity index (χ4n) is 1.31. The minimum Gasteiger partial charge on any atom is -0.379 e. The molecule has 1 unspecified atom stereocenters. The maximum atomic E-state index is 11.8. The zero-order valence-corrected chi connectivity index (χ0v) is 9.44. The van der Waals surface area contributed by atoms with Gasteiger partial charge < -0.3 is 15.4 Å². The minimum absolute atomic E-state index is 0.0213. The van der Waals surface area contributed by atoms with E-state index in [1.54, 1.807) is 7.05 Å². The van der Waals surface area contributed by atoms with Gasteiger partial charge in [-0.05, 0) is 34.2 Å². The van der Waals surface area contributed by atoms with Gasteiger partial charge in [0.05, 0.1) is 17.7 Å². The van der Waals surface area contributed by atoms with Gasteiger partial charge in [-0.3, -0.25) is 4.79 Å². The van der Waals surface area contributed by atoms with Crippen LogP contribution in [0.2, 0.25) is 0 Å². The Hall–Kier alpha value is -0.610. The summed E-state index contributed by atoms with van der Waals surface area (Å²) >= 11 is 0. The Morgan fingerprint density at radius 3 is 2.57 bits per heavy atom. The molecule has 1 fully saturated rings. The normalized spacial score (nSPS) is 27.7. The van der Waals surface area contributed by atoms with Gasteiger partial charge in [-0.25, -0.2) is 0 Å². The number of nitrogens with one attached hydrogen (secondary N) is 2. The van der Waals surface area contributed by atoms with Gasteiger partial charge in [0, 0.05) is 6.61 Å². The van der Waals surface area contributed by atoms with Crippen molar-refractivity contribution in [3.63, 3.8) is 0 Å². The molecule has 4 heteroatoms. The van der Waals surface area contributed by atoms with E-state index in [1.807, 2.05) is 20.8 Å². The number of amides is 1. The Balaban J connectivity index is 2.55. The summed E-state index contributed by atoms with van der Waals surface area (Å²) < 4.78 is 5.27. The van der Waals surface area contributed by atoms with Crippen molar-refractivity contribution in [2.24, 2.45) is 0 Å². The molecule has 1 aliphatic rings. The molecule has 2 N–H and O–H groups in total. The smallest absolute Gasteiger partial charge is 0.240 e. The molecule has 0 saturated carbocycles. The predicted molar refractivity (Wildman–Crippen MR) is 55.1 cm³/mol. The maximum Gasteiger partial charge on any atom is 0.240 e. The summed E-state index contributed by atoms with van der Waals surface area (Å²) in [7, 11) is 1.78. The first-order valence-corrected chi connectivity index (χ1v) is 4.99. The van der Waals surface area contributed by atoms with E-state index in [0.717, 1.165) is 13.0 Å². The SMILES string of the molecule is CNC(C)(C)C(=O)NC1(C)CCOC1. The lowest BCUT2D eigenvalue weighted by molar-refractivity contribution is -0.128. The lowest BCUT2D eigenvalue weighted by atomic mass is 9.98. The Kier molecular flexibility index (Phi) is 3.17. The molecule has 0 spiro atoms. The summed E-state index contributed by atoms with van der Waals surface area (Å²) in [4.78, 5) is 11.8. The Bertz CT molecular complexity index is 220. The van der Waals surface area contributed by atoms with Crippen LogP contribution >= 0.6 is 0 Å². The summed E-state index contributed by atoms with van der Waals surface area (Å²) in [5.74, 6) is 0.0213. The lowest BCUT2D eigenvalue weighted by Crippen LogP contribution is -2.58. The van der Waals surface area contributed by atoms with Crippen molar-refractivity contribution in [2.75, 3.05) is 20.3 Å². The van der Waals surface area contributed by atoms with E-state index in [1.165, 1.54) is 0 Å². The molecule has 1 atom stereocenters. The highest BCUT2D eigenvalue weighted by Crippen LogP contribution is 2.18. The van der Waals surface area contributed by atoms with Crippen molar-refractivity contribution >= 4 is 5.91 Å². The van der Waals surface area contributed by atoms with Gasteiger partial charge in [0.1, 0.15) is 0 Å². The van der Waals surface area contributed by atoms with E-state index in [9.17, 15) is 4.79 Å². The van der Waals surface area contributed by atoms with Crippen LogP contribution in [0, 0.1) is 0 Å². The standard InChI is InChI=1S/C10H20N2O2/c1-9(2,11-4)8(13)12-10(3)5-6-14-7-10/h11H,5-7H2,1-4H3,(H,12,13). The van der Waals surface area contributed by atoms with Gasteiger partial charge in [-0.1, -0.05) is 0 Å². The average molecular weight is 200 g/mol. The maximum absolute atomic E-state index is 11.8. The van der Waals surface area contributed by atoms with Crippen LogP contribution in [0.25, 0.3) is 0 Å². The number of hydrogen-bond donors (Lipinski definition) is 2. The first-order chi connectivity index (χ1) is 6.40. The summed E-state index contributed by atoms with van der Waals surface area (Å²) in [6.07, 6.45) is 0.887. The van der Waals surface area contributed by atoms with E-state index < -0.39 is 5.54 Å². The molecule has 0 aliphatic carbocycles. The van der Waals surface area contributed by atoms with Crippen molar-refractivity contribution in [3.05, 3.63) is 0 Å². The van der Waals surface area contributed by atoms with Gasteiger partial charge in [0.15, 0.2) is 0 Å². The summed E-state index contributed by atoms with van der Waals surface area (Å²) in [6, 6.07) is 0. The quantitative estimate of drug-likeness (QED) is 0.688. The number of hydrogen-bond acceptors (Lipinski definition) is 3. The third kappa shape index (κ3) is 2.45. The molecule has 4 nitrogen and oxygen atoms in total. The average Bonchev–Trinajstić information content (AvgIpc) is 2.52. The summed E-state index contributed by atoms with van der Waals surface area (Å²) in [5.41, 5.74) is -0.712. The van der Waals surface area contributed by atoms with Gasteiger partial charge in [0.25, 0.3) is 0 Å². The number of rotatable bonds is 3. The van der Waals surface area contributed by atoms with Crippen LogP contribution in [-0.4, -0.2) is 37.2 Å². The fourth-order valence-corrected chi connectivity index (χ4v) is 1.31. The second-order valence-electron chi connectivity index (χ2n) is 4.69. The Morgan fingerprint density at radius 2 is 2.14 bits per heavy atom. The monoisotopic (exact) mass is 200 g/mol. The molecule has 0 bridgehead atoms. The molecule has 1 saturated heterocycles. The van der Waals surface area contributed by atoms with E-state index in [-0.39, 0.29) is 11.4 Å². The summed E-state index contributed by atoms with van der Waals surface area (Å²) in [5, 5.41) is 6.00. The van der Waals surface area contributed by atoms with Crippen molar-refractivity contribution < 1.29 is 9.53 Å². The molecule has 14 heavy (non-hydrogen) atoms. The van der Waals surface area contributed by atoms with Crippen molar-refractivity contribution in [3.8, 4) is 0 Å². The molecule has 0 aromatic rings. The van der Waals surface area contributed by atoms with E-state index in [4.69, 9.17) is 4.74 Å². The largest absolute Gasteiger partial charge is 0.379 e. The van der Waals surface area contributed by atoms with Crippen molar-refractivity contribution in [1.29, 1.82) is 0 Å². The third-order valence-corrected chi connectivity index (χ3v) is 2.83. The van der Waals surface area contributed by atoms with E-state index >= 15 is 0 Å².